The molecule has 3 aromatic rings. The Labute approximate surface area is 180 Å². The Balaban J connectivity index is 1.37. The summed E-state index contributed by atoms with van der Waals surface area (Å²) >= 11 is 1.64. The maximum atomic E-state index is 11.8. The lowest BCUT2D eigenvalue weighted by Gasteiger charge is -2.22. The van der Waals surface area contributed by atoms with Crippen molar-refractivity contribution in [3.8, 4) is 10.8 Å². The molecule has 4 heterocycles. The number of anilines is 1. The highest BCUT2D eigenvalue weighted by Gasteiger charge is 2.20. The Morgan fingerprint density at radius 2 is 2.13 bits per heavy atom. The number of thiophene rings is 1. The van der Waals surface area contributed by atoms with Gasteiger partial charge in [-0.15, -0.1) is 11.3 Å². The van der Waals surface area contributed by atoms with Crippen LogP contribution in [-0.2, 0) is 11.3 Å². The van der Waals surface area contributed by atoms with Gasteiger partial charge in [0.25, 0.3) is 0 Å². The van der Waals surface area contributed by atoms with E-state index in [4.69, 9.17) is 14.1 Å². The van der Waals surface area contributed by atoms with Crippen molar-refractivity contribution in [3.05, 3.63) is 52.9 Å². The predicted octanol–water partition coefficient (Wildman–Crippen LogP) is 4.00. The molecular formula is C22H26N4O3S. The smallest absolute Gasteiger partial charge is 0.339 e. The Bertz CT molecular complexity index is 969. The number of esters is 1. The van der Waals surface area contributed by atoms with E-state index in [9.17, 15) is 4.79 Å². The van der Waals surface area contributed by atoms with Crippen LogP contribution in [0.4, 0.5) is 5.82 Å². The fourth-order valence-corrected chi connectivity index (χ4v) is 4.21. The summed E-state index contributed by atoms with van der Waals surface area (Å²) in [6.07, 6.45) is 2.64. The third-order valence-electron chi connectivity index (χ3n) is 5.17. The largest absolute Gasteiger partial charge is 0.462 e. The van der Waals surface area contributed by atoms with E-state index in [2.05, 4.69) is 14.8 Å². The molecule has 0 unspecified atom stereocenters. The van der Waals surface area contributed by atoms with Gasteiger partial charge in [0.05, 0.1) is 22.7 Å². The van der Waals surface area contributed by atoms with Crippen molar-refractivity contribution >= 4 is 23.1 Å². The second-order valence-corrected chi connectivity index (χ2v) is 8.19. The first-order chi connectivity index (χ1) is 14.6. The molecule has 1 fully saturated rings. The van der Waals surface area contributed by atoms with Crippen molar-refractivity contribution in [1.29, 1.82) is 0 Å². The van der Waals surface area contributed by atoms with E-state index < -0.39 is 0 Å². The van der Waals surface area contributed by atoms with Crippen LogP contribution in [-0.4, -0.2) is 53.6 Å². The molecular weight excluding hydrogens is 400 g/mol. The summed E-state index contributed by atoms with van der Waals surface area (Å²) in [5.74, 6) is 2.15. The number of carbonyl (C=O) groups is 1. The zero-order valence-electron chi connectivity index (χ0n) is 17.3. The maximum absolute atomic E-state index is 11.8. The molecule has 1 aliphatic heterocycles. The third-order valence-corrected chi connectivity index (χ3v) is 6.03. The highest BCUT2D eigenvalue weighted by atomic mass is 32.1. The van der Waals surface area contributed by atoms with Gasteiger partial charge in [0.2, 0.25) is 5.89 Å². The lowest BCUT2D eigenvalue weighted by molar-refractivity contribution is 0.0526. The minimum atomic E-state index is -0.330. The van der Waals surface area contributed by atoms with Crippen molar-refractivity contribution in [2.24, 2.45) is 0 Å². The molecule has 0 atom stereocenters. The van der Waals surface area contributed by atoms with Gasteiger partial charge in [-0.05, 0) is 43.8 Å². The maximum Gasteiger partial charge on any atom is 0.339 e. The molecule has 0 N–H and O–H groups in total. The number of pyridine rings is 1. The van der Waals surface area contributed by atoms with Gasteiger partial charge in [-0.2, -0.15) is 0 Å². The average Bonchev–Trinajstić information content (AvgIpc) is 3.34. The number of nitrogens with zero attached hydrogens (tertiary/aromatic N) is 4. The quantitative estimate of drug-likeness (QED) is 0.552. The summed E-state index contributed by atoms with van der Waals surface area (Å²) in [5.41, 5.74) is 1.49. The minimum absolute atomic E-state index is 0.330. The molecule has 0 bridgehead atoms. The standard InChI is InChI=1S/C22H26N4O3S/c1-3-28-22(27)17-7-8-20(23-14-17)26-10-5-9-25(11-12-26)15-18-16(2)29-21(24-18)19-6-4-13-30-19/h4,6-8,13-14H,3,5,9-12,15H2,1-2H3. The molecule has 1 aliphatic rings. The number of hydrogen-bond donors (Lipinski definition) is 0. The summed E-state index contributed by atoms with van der Waals surface area (Å²) in [6.45, 7) is 8.65. The van der Waals surface area contributed by atoms with Crippen LogP contribution in [0.2, 0.25) is 0 Å². The van der Waals surface area contributed by atoms with E-state index in [-0.39, 0.29) is 5.97 Å². The first-order valence-corrected chi connectivity index (χ1v) is 11.1. The van der Waals surface area contributed by atoms with Gasteiger partial charge in [0, 0.05) is 38.9 Å². The molecule has 3 aromatic heterocycles. The normalized spacial score (nSPS) is 15.2. The number of ether oxygens (including phenoxy) is 1. The summed E-state index contributed by atoms with van der Waals surface area (Å²) in [5, 5.41) is 2.03. The van der Waals surface area contributed by atoms with Crippen LogP contribution < -0.4 is 4.90 Å². The summed E-state index contributed by atoms with van der Waals surface area (Å²) in [4.78, 5) is 26.8. The molecule has 0 saturated carbocycles. The van der Waals surface area contributed by atoms with Gasteiger partial charge in [0.1, 0.15) is 11.6 Å². The number of hydrogen-bond acceptors (Lipinski definition) is 8. The summed E-state index contributed by atoms with van der Waals surface area (Å²) < 4.78 is 10.9. The molecule has 0 spiro atoms. The highest BCUT2D eigenvalue weighted by molar-refractivity contribution is 7.13. The van der Waals surface area contributed by atoms with Crippen molar-refractivity contribution in [3.63, 3.8) is 0 Å². The van der Waals surface area contributed by atoms with Crippen molar-refractivity contribution in [1.82, 2.24) is 14.9 Å². The number of carbonyl (C=O) groups excluding carboxylic acids is 1. The molecule has 0 amide bonds. The average molecular weight is 427 g/mol. The van der Waals surface area contributed by atoms with Gasteiger partial charge < -0.3 is 14.1 Å². The van der Waals surface area contributed by atoms with Crippen molar-refractivity contribution < 1.29 is 13.9 Å². The lowest BCUT2D eigenvalue weighted by Crippen LogP contribution is -2.31. The van der Waals surface area contributed by atoms with E-state index in [1.165, 1.54) is 0 Å². The first kappa shape index (κ1) is 20.6. The minimum Gasteiger partial charge on any atom is -0.462 e. The Hall–Kier alpha value is -2.71. The van der Waals surface area contributed by atoms with E-state index >= 15 is 0 Å². The van der Waals surface area contributed by atoms with Crippen LogP contribution in [0, 0.1) is 6.92 Å². The van der Waals surface area contributed by atoms with Crippen LogP contribution in [0.1, 0.15) is 35.2 Å². The van der Waals surface area contributed by atoms with Gasteiger partial charge in [0.15, 0.2) is 0 Å². The van der Waals surface area contributed by atoms with Crippen LogP contribution in [0.3, 0.4) is 0 Å². The molecule has 8 heteroatoms. The van der Waals surface area contributed by atoms with Crippen LogP contribution >= 0.6 is 11.3 Å². The van der Waals surface area contributed by atoms with E-state index in [0.717, 1.165) is 61.3 Å². The second-order valence-electron chi connectivity index (χ2n) is 7.24. The zero-order valence-corrected chi connectivity index (χ0v) is 18.2. The molecule has 4 rings (SSSR count). The number of aromatic nitrogens is 2. The van der Waals surface area contributed by atoms with Gasteiger partial charge in [-0.3, -0.25) is 4.90 Å². The molecule has 7 nitrogen and oxygen atoms in total. The van der Waals surface area contributed by atoms with E-state index in [1.807, 2.05) is 30.5 Å². The topological polar surface area (TPSA) is 71.7 Å². The molecule has 158 valence electrons. The third kappa shape index (κ3) is 4.71. The number of aryl methyl sites for hydroxylation is 1. The fourth-order valence-electron chi connectivity index (χ4n) is 3.56. The molecule has 1 saturated heterocycles. The number of oxazole rings is 1. The first-order valence-electron chi connectivity index (χ1n) is 10.2. The molecule has 30 heavy (non-hydrogen) atoms. The van der Waals surface area contributed by atoms with E-state index in [0.29, 0.717) is 18.1 Å². The molecule has 0 radical (unpaired) electrons. The Morgan fingerprint density at radius 3 is 2.87 bits per heavy atom. The Morgan fingerprint density at radius 1 is 1.23 bits per heavy atom. The van der Waals surface area contributed by atoms with Crippen LogP contribution in [0.25, 0.3) is 10.8 Å². The van der Waals surface area contributed by atoms with Gasteiger partial charge in [-0.25, -0.2) is 14.8 Å². The fraction of sp³-hybridized carbons (Fsp3) is 0.409. The Kier molecular flexibility index (Phi) is 6.44. The van der Waals surface area contributed by atoms with Crippen LogP contribution in [0.5, 0.6) is 0 Å². The van der Waals surface area contributed by atoms with Crippen molar-refractivity contribution in [2.45, 2.75) is 26.8 Å². The monoisotopic (exact) mass is 426 g/mol. The summed E-state index contributed by atoms with van der Waals surface area (Å²) in [6, 6.07) is 7.73. The molecule has 0 aliphatic carbocycles. The number of rotatable bonds is 6. The zero-order chi connectivity index (χ0) is 20.9. The molecule has 0 aromatic carbocycles. The SMILES string of the molecule is CCOC(=O)c1ccc(N2CCCN(Cc3nc(-c4cccs4)oc3C)CC2)nc1. The van der Waals surface area contributed by atoms with Gasteiger partial charge in [-0.1, -0.05) is 6.07 Å². The lowest BCUT2D eigenvalue weighted by atomic mass is 10.2. The highest BCUT2D eigenvalue weighted by Crippen LogP contribution is 2.26. The van der Waals surface area contributed by atoms with Gasteiger partial charge >= 0.3 is 5.97 Å². The predicted molar refractivity (Wildman–Crippen MR) is 117 cm³/mol. The second kappa shape index (κ2) is 9.40. The van der Waals surface area contributed by atoms with Crippen LogP contribution in [0.15, 0.2) is 40.3 Å². The van der Waals surface area contributed by atoms with Crippen molar-refractivity contribution in [2.75, 3.05) is 37.7 Å². The van der Waals surface area contributed by atoms with E-state index in [1.54, 1.807) is 30.5 Å². The summed E-state index contributed by atoms with van der Waals surface area (Å²) in [7, 11) is 0.